The Morgan fingerprint density at radius 2 is 1.91 bits per heavy atom. The zero-order chi connectivity index (χ0) is 8.27. The Kier molecular flexibility index (Phi) is 2.01. The Bertz CT molecular complexity index is 277. The van der Waals surface area contributed by atoms with Crippen molar-refractivity contribution < 1.29 is 4.79 Å². The number of nitrogens with two attached hydrogens (primary N) is 1. The van der Waals surface area contributed by atoms with Crippen molar-refractivity contribution in [2.45, 2.75) is 0 Å². The van der Waals surface area contributed by atoms with Gasteiger partial charge >= 0.3 is 0 Å². The summed E-state index contributed by atoms with van der Waals surface area (Å²) in [5.74, 6) is -0.329. The molecule has 11 heavy (non-hydrogen) atoms. The van der Waals surface area contributed by atoms with Gasteiger partial charge in [-0.05, 0) is 31.0 Å². The van der Waals surface area contributed by atoms with Crippen molar-refractivity contribution in [2.24, 2.45) is 4.99 Å². The molecule has 0 aromatic heterocycles. The van der Waals surface area contributed by atoms with Crippen molar-refractivity contribution >= 4 is 18.3 Å². The van der Waals surface area contributed by atoms with Crippen LogP contribution in [0.2, 0.25) is 0 Å². The molecule has 0 saturated carbocycles. The molecule has 2 N–H and O–H groups in total. The first-order valence-electron chi connectivity index (χ1n) is 3.10. The highest BCUT2D eigenvalue weighted by molar-refractivity contribution is 5.97. The van der Waals surface area contributed by atoms with Gasteiger partial charge in [0.25, 0.3) is 5.91 Å². The number of carbonyl (C=O) groups is 1. The van der Waals surface area contributed by atoms with Gasteiger partial charge in [0.15, 0.2) is 0 Å². The molecule has 0 saturated heterocycles. The second-order valence-corrected chi connectivity index (χ2v) is 2.09. The van der Waals surface area contributed by atoms with E-state index >= 15 is 0 Å². The molecule has 3 nitrogen and oxygen atoms in total. The van der Waals surface area contributed by atoms with Gasteiger partial charge in [0.2, 0.25) is 0 Å². The van der Waals surface area contributed by atoms with Gasteiger partial charge in [-0.25, -0.2) is 4.99 Å². The van der Waals surface area contributed by atoms with E-state index in [1.54, 1.807) is 24.3 Å². The van der Waals surface area contributed by atoms with Crippen LogP contribution < -0.4 is 5.73 Å². The monoisotopic (exact) mass is 148 g/mol. The number of hydrogen-bond acceptors (Lipinski definition) is 2. The molecule has 0 atom stereocenters. The Morgan fingerprint density at radius 3 is 2.36 bits per heavy atom. The molecule has 0 unspecified atom stereocenters. The maximum Gasteiger partial charge on any atom is 0.276 e. The van der Waals surface area contributed by atoms with Crippen molar-refractivity contribution in [3.63, 3.8) is 0 Å². The molecule has 0 aliphatic carbocycles. The molecule has 0 radical (unpaired) electrons. The number of nitrogen functional groups attached to an aromatic ring is 1. The third-order valence-electron chi connectivity index (χ3n) is 1.30. The molecule has 0 heterocycles. The minimum atomic E-state index is -0.329. The van der Waals surface area contributed by atoms with Gasteiger partial charge in [0.05, 0.1) is 0 Å². The number of benzene rings is 1. The molecule has 0 aliphatic heterocycles. The molecule has 1 rings (SSSR count). The highest BCUT2D eigenvalue weighted by Gasteiger charge is 1.99. The molecular weight excluding hydrogens is 140 g/mol. The number of nitrogens with zero attached hydrogens (tertiary/aromatic N) is 1. The Balaban J connectivity index is 2.98. The lowest BCUT2D eigenvalue weighted by molar-refractivity contribution is 0.100. The quantitative estimate of drug-likeness (QED) is 0.479. The lowest BCUT2D eigenvalue weighted by atomic mass is 10.2. The summed E-state index contributed by atoms with van der Waals surface area (Å²) in [6.45, 7) is 3.13. The second kappa shape index (κ2) is 2.96. The molecule has 56 valence electrons. The van der Waals surface area contributed by atoms with Crippen LogP contribution in [0, 0.1) is 0 Å². The fourth-order valence-corrected chi connectivity index (χ4v) is 0.717. The summed E-state index contributed by atoms with van der Waals surface area (Å²) in [6, 6.07) is 6.54. The van der Waals surface area contributed by atoms with Crippen molar-refractivity contribution in [3.05, 3.63) is 29.8 Å². The van der Waals surface area contributed by atoms with E-state index in [0.29, 0.717) is 11.3 Å². The normalized spacial score (nSPS) is 9.09. The van der Waals surface area contributed by atoms with Gasteiger partial charge in [-0.1, -0.05) is 0 Å². The number of aliphatic imine (C=N–C) groups is 1. The van der Waals surface area contributed by atoms with E-state index in [0.717, 1.165) is 0 Å². The number of amides is 1. The van der Waals surface area contributed by atoms with Gasteiger partial charge in [0, 0.05) is 11.3 Å². The van der Waals surface area contributed by atoms with Crippen LogP contribution in [0.3, 0.4) is 0 Å². The SMILES string of the molecule is C=NC(=O)c1ccc(N)cc1. The maximum atomic E-state index is 10.9. The minimum absolute atomic E-state index is 0.329. The van der Waals surface area contributed by atoms with Gasteiger partial charge in [0.1, 0.15) is 0 Å². The summed E-state index contributed by atoms with van der Waals surface area (Å²) < 4.78 is 0. The Morgan fingerprint density at radius 1 is 1.36 bits per heavy atom. The zero-order valence-corrected chi connectivity index (χ0v) is 5.95. The second-order valence-electron chi connectivity index (χ2n) is 2.09. The third kappa shape index (κ3) is 1.64. The van der Waals surface area contributed by atoms with Crippen molar-refractivity contribution in [1.82, 2.24) is 0 Å². The number of rotatable bonds is 1. The standard InChI is InChI=1S/C8H8N2O/c1-10-8(11)6-2-4-7(9)5-3-6/h2-5H,1,9H2. The first kappa shape index (κ1) is 7.47. The van der Waals surface area contributed by atoms with Crippen molar-refractivity contribution in [2.75, 3.05) is 5.73 Å². The minimum Gasteiger partial charge on any atom is -0.399 e. The molecule has 1 aromatic rings. The third-order valence-corrected chi connectivity index (χ3v) is 1.30. The number of carbonyl (C=O) groups excluding carboxylic acids is 1. The molecule has 0 spiro atoms. The summed E-state index contributed by atoms with van der Waals surface area (Å²) in [6.07, 6.45) is 0. The van der Waals surface area contributed by atoms with Gasteiger partial charge in [-0.15, -0.1) is 0 Å². The van der Waals surface area contributed by atoms with Crippen LogP contribution in [0.15, 0.2) is 29.3 Å². The summed E-state index contributed by atoms with van der Waals surface area (Å²) >= 11 is 0. The Hall–Kier alpha value is -1.64. The van der Waals surface area contributed by atoms with Crippen LogP contribution in [0.5, 0.6) is 0 Å². The van der Waals surface area contributed by atoms with Crippen LogP contribution in [-0.2, 0) is 0 Å². The molecule has 3 heteroatoms. The average molecular weight is 148 g/mol. The van der Waals surface area contributed by atoms with E-state index in [1.165, 1.54) is 0 Å². The highest BCUT2D eigenvalue weighted by atomic mass is 16.1. The van der Waals surface area contributed by atoms with E-state index in [1.807, 2.05) is 0 Å². The van der Waals surface area contributed by atoms with Crippen molar-refractivity contribution in [1.29, 1.82) is 0 Å². The van der Waals surface area contributed by atoms with Crippen molar-refractivity contribution in [3.8, 4) is 0 Å². The summed E-state index contributed by atoms with van der Waals surface area (Å²) in [7, 11) is 0. The molecular formula is C8H8N2O. The van der Waals surface area contributed by atoms with Gasteiger partial charge in [-0.2, -0.15) is 0 Å². The summed E-state index contributed by atoms with van der Waals surface area (Å²) in [5.41, 5.74) is 6.55. The fraction of sp³-hybridized carbons (Fsp3) is 0. The maximum absolute atomic E-state index is 10.9. The number of hydrogen-bond donors (Lipinski definition) is 1. The van der Waals surface area contributed by atoms with Crippen LogP contribution in [0.25, 0.3) is 0 Å². The molecule has 1 aromatic carbocycles. The lowest BCUT2D eigenvalue weighted by Crippen LogP contribution is -1.93. The van der Waals surface area contributed by atoms with E-state index in [9.17, 15) is 4.79 Å². The molecule has 0 bridgehead atoms. The largest absolute Gasteiger partial charge is 0.399 e. The van der Waals surface area contributed by atoms with Gasteiger partial charge < -0.3 is 5.73 Å². The predicted octanol–water partition coefficient (Wildman–Crippen LogP) is 1.11. The number of anilines is 1. The van der Waals surface area contributed by atoms with E-state index in [-0.39, 0.29) is 5.91 Å². The van der Waals surface area contributed by atoms with Crippen LogP contribution in [0.1, 0.15) is 10.4 Å². The molecule has 0 fully saturated rings. The Labute approximate surface area is 64.6 Å². The summed E-state index contributed by atoms with van der Waals surface area (Å²) in [4.78, 5) is 14.1. The van der Waals surface area contributed by atoms with Crippen LogP contribution >= 0.6 is 0 Å². The first-order valence-corrected chi connectivity index (χ1v) is 3.10. The fourth-order valence-electron chi connectivity index (χ4n) is 0.717. The lowest BCUT2D eigenvalue weighted by Gasteiger charge is -1.94. The topological polar surface area (TPSA) is 55.5 Å². The van der Waals surface area contributed by atoms with Crippen LogP contribution in [0.4, 0.5) is 5.69 Å². The predicted molar refractivity (Wildman–Crippen MR) is 44.7 cm³/mol. The average Bonchev–Trinajstić information content (AvgIpc) is 2.05. The summed E-state index contributed by atoms with van der Waals surface area (Å²) in [5, 5.41) is 0. The zero-order valence-electron chi connectivity index (χ0n) is 5.95. The highest BCUT2D eigenvalue weighted by Crippen LogP contribution is 2.05. The van der Waals surface area contributed by atoms with Gasteiger partial charge in [-0.3, -0.25) is 4.79 Å². The van der Waals surface area contributed by atoms with E-state index < -0.39 is 0 Å². The van der Waals surface area contributed by atoms with Crippen LogP contribution in [-0.4, -0.2) is 12.6 Å². The first-order chi connectivity index (χ1) is 5.24. The molecule has 1 amide bonds. The smallest absolute Gasteiger partial charge is 0.276 e. The molecule has 0 aliphatic rings. The van der Waals surface area contributed by atoms with E-state index in [2.05, 4.69) is 11.7 Å². The van der Waals surface area contributed by atoms with E-state index in [4.69, 9.17) is 5.73 Å².